The van der Waals surface area contributed by atoms with Crippen LogP contribution in [-0.2, 0) is 9.59 Å². The molecule has 2 fully saturated rings. The molecule has 144 valence electrons. The minimum atomic E-state index is -0.0779. The van der Waals surface area contributed by atoms with Crippen LogP contribution in [0.5, 0.6) is 5.75 Å². The predicted octanol–water partition coefficient (Wildman–Crippen LogP) is 1.94. The quantitative estimate of drug-likeness (QED) is 0.578. The second-order valence-corrected chi connectivity index (χ2v) is 7.06. The average molecular weight is 382 g/mol. The van der Waals surface area contributed by atoms with Crippen molar-refractivity contribution in [3.05, 3.63) is 29.8 Å². The summed E-state index contributed by atoms with van der Waals surface area (Å²) in [5.74, 6) is 1.35. The maximum atomic E-state index is 11.9. The summed E-state index contributed by atoms with van der Waals surface area (Å²) in [5, 5.41) is 9.06. The molecule has 26 heavy (non-hydrogen) atoms. The maximum Gasteiger partial charge on any atom is 0.258 e. The fraction of sp³-hybridized carbons (Fsp3) is 0.579. The Morgan fingerprint density at radius 3 is 2.42 bits per heavy atom. The molecule has 2 saturated carbocycles. The summed E-state index contributed by atoms with van der Waals surface area (Å²) in [6, 6.07) is 7.76. The Labute approximate surface area is 160 Å². The Morgan fingerprint density at radius 2 is 1.81 bits per heavy atom. The Hall–Kier alpha value is -1.79. The smallest absolute Gasteiger partial charge is 0.258 e. The zero-order valence-electron chi connectivity index (χ0n) is 15.1. The molecule has 0 heterocycles. The second kappa shape index (κ2) is 9.78. The second-order valence-electron chi connectivity index (χ2n) is 7.06. The van der Waals surface area contributed by atoms with Crippen molar-refractivity contribution < 1.29 is 14.3 Å². The van der Waals surface area contributed by atoms with Gasteiger partial charge in [-0.1, -0.05) is 12.1 Å². The lowest BCUT2D eigenvalue weighted by atomic mass is 10.1. The van der Waals surface area contributed by atoms with Gasteiger partial charge in [0.25, 0.3) is 5.91 Å². The van der Waals surface area contributed by atoms with Gasteiger partial charge in [0.05, 0.1) is 12.6 Å². The normalized spacial score (nSPS) is 17.0. The van der Waals surface area contributed by atoms with Crippen LogP contribution in [0.15, 0.2) is 24.3 Å². The number of hydrogen-bond donors (Lipinski definition) is 3. The largest absolute Gasteiger partial charge is 0.484 e. The zero-order valence-corrected chi connectivity index (χ0v) is 15.9. The van der Waals surface area contributed by atoms with Gasteiger partial charge in [0.15, 0.2) is 6.61 Å². The summed E-state index contributed by atoms with van der Waals surface area (Å²) in [7, 11) is 0. The van der Waals surface area contributed by atoms with Gasteiger partial charge < -0.3 is 20.7 Å². The Balaban J connectivity index is 0.00000243. The molecule has 7 heteroatoms. The molecule has 1 unspecified atom stereocenters. The number of benzene rings is 1. The van der Waals surface area contributed by atoms with Gasteiger partial charge in [-0.05, 0) is 62.8 Å². The van der Waals surface area contributed by atoms with E-state index in [-0.39, 0.29) is 36.9 Å². The maximum absolute atomic E-state index is 11.9. The predicted molar refractivity (Wildman–Crippen MR) is 103 cm³/mol. The van der Waals surface area contributed by atoms with Gasteiger partial charge in [-0.3, -0.25) is 9.59 Å². The highest BCUT2D eigenvalue weighted by atomic mass is 35.5. The number of rotatable bonds is 10. The van der Waals surface area contributed by atoms with E-state index in [4.69, 9.17) is 4.74 Å². The molecule has 6 nitrogen and oxygen atoms in total. The summed E-state index contributed by atoms with van der Waals surface area (Å²) in [4.78, 5) is 23.5. The fourth-order valence-electron chi connectivity index (χ4n) is 2.59. The van der Waals surface area contributed by atoms with Crippen LogP contribution in [0, 0.1) is 5.92 Å². The molecule has 1 aromatic carbocycles. The highest BCUT2D eigenvalue weighted by Crippen LogP contribution is 2.27. The van der Waals surface area contributed by atoms with Crippen LogP contribution < -0.4 is 20.7 Å². The van der Waals surface area contributed by atoms with Crippen LogP contribution in [0.3, 0.4) is 0 Å². The van der Waals surface area contributed by atoms with Gasteiger partial charge in [-0.25, -0.2) is 0 Å². The Bertz CT molecular complexity index is 601. The van der Waals surface area contributed by atoms with Crippen LogP contribution in [0.25, 0.3) is 0 Å². The molecule has 0 radical (unpaired) electrons. The molecule has 3 rings (SSSR count). The van der Waals surface area contributed by atoms with Crippen molar-refractivity contribution in [1.29, 1.82) is 0 Å². The van der Waals surface area contributed by atoms with Crippen molar-refractivity contribution in [2.75, 3.05) is 19.7 Å². The van der Waals surface area contributed by atoms with Crippen LogP contribution in [0.2, 0.25) is 0 Å². The number of carbonyl (C=O) groups is 2. The average Bonchev–Trinajstić information content (AvgIpc) is 3.49. The molecule has 0 aliphatic heterocycles. The van der Waals surface area contributed by atoms with Gasteiger partial charge in [-0.2, -0.15) is 0 Å². The van der Waals surface area contributed by atoms with Crippen molar-refractivity contribution in [2.24, 2.45) is 5.92 Å². The highest BCUT2D eigenvalue weighted by Gasteiger charge is 2.23. The molecular weight excluding hydrogens is 354 g/mol. The summed E-state index contributed by atoms with van der Waals surface area (Å²) in [5.41, 5.74) is 1.00. The number of carbonyl (C=O) groups excluding carboxylic acids is 2. The van der Waals surface area contributed by atoms with Crippen molar-refractivity contribution in [3.8, 4) is 5.75 Å². The molecule has 1 aromatic rings. The summed E-state index contributed by atoms with van der Waals surface area (Å²) in [6.45, 7) is 3.28. The first-order chi connectivity index (χ1) is 12.1. The van der Waals surface area contributed by atoms with Crippen LogP contribution in [0.4, 0.5) is 0 Å². The van der Waals surface area contributed by atoms with Crippen LogP contribution in [0.1, 0.15) is 44.2 Å². The van der Waals surface area contributed by atoms with E-state index >= 15 is 0 Å². The van der Waals surface area contributed by atoms with Crippen molar-refractivity contribution in [2.45, 2.75) is 44.7 Å². The van der Waals surface area contributed by atoms with Gasteiger partial charge in [0, 0.05) is 6.04 Å². The molecule has 1 atom stereocenters. The third-order valence-corrected chi connectivity index (χ3v) is 4.49. The summed E-state index contributed by atoms with van der Waals surface area (Å²) in [6.07, 6.45) is 4.70. The van der Waals surface area contributed by atoms with Gasteiger partial charge in [-0.15, -0.1) is 12.4 Å². The standard InChI is InChI=1S/C19H27N3O3.ClH/c1-13(21-18(23)11-20-10-14-2-3-14)15-4-8-17(9-5-15)25-12-19(24)22-16-6-7-16;/h4-5,8-9,13-14,16,20H,2-3,6-7,10-12H2,1H3,(H,21,23)(H,22,24);1H. The number of hydrogen-bond acceptors (Lipinski definition) is 4. The topological polar surface area (TPSA) is 79.5 Å². The van der Waals surface area contributed by atoms with E-state index in [0.29, 0.717) is 18.3 Å². The molecule has 2 amide bonds. The number of halogens is 1. The lowest BCUT2D eigenvalue weighted by Crippen LogP contribution is -2.36. The Morgan fingerprint density at radius 1 is 1.12 bits per heavy atom. The van der Waals surface area contributed by atoms with E-state index in [9.17, 15) is 9.59 Å². The van der Waals surface area contributed by atoms with Gasteiger partial charge >= 0.3 is 0 Å². The molecule has 0 aromatic heterocycles. The molecule has 0 spiro atoms. The van der Waals surface area contributed by atoms with Crippen molar-refractivity contribution in [3.63, 3.8) is 0 Å². The minimum absolute atomic E-state index is 0. The van der Waals surface area contributed by atoms with Gasteiger partial charge in [0.2, 0.25) is 5.91 Å². The molecule has 3 N–H and O–H groups in total. The third-order valence-electron chi connectivity index (χ3n) is 4.49. The lowest BCUT2D eigenvalue weighted by Gasteiger charge is -2.15. The molecule has 2 aliphatic carbocycles. The summed E-state index contributed by atoms with van der Waals surface area (Å²) < 4.78 is 5.48. The third kappa shape index (κ3) is 7.22. The zero-order chi connectivity index (χ0) is 17.6. The van der Waals surface area contributed by atoms with Crippen LogP contribution in [-0.4, -0.2) is 37.6 Å². The highest BCUT2D eigenvalue weighted by molar-refractivity contribution is 5.85. The van der Waals surface area contributed by atoms with E-state index in [2.05, 4.69) is 16.0 Å². The first-order valence-corrected chi connectivity index (χ1v) is 9.12. The SMILES string of the molecule is CC(NC(=O)CNCC1CC1)c1ccc(OCC(=O)NC2CC2)cc1.Cl. The molecule has 0 saturated heterocycles. The monoisotopic (exact) mass is 381 g/mol. The van der Waals surface area contributed by atoms with E-state index in [1.54, 1.807) is 0 Å². The van der Waals surface area contributed by atoms with Gasteiger partial charge in [0.1, 0.15) is 5.75 Å². The first kappa shape index (κ1) is 20.5. The van der Waals surface area contributed by atoms with Crippen molar-refractivity contribution in [1.82, 2.24) is 16.0 Å². The van der Waals surface area contributed by atoms with Crippen LogP contribution >= 0.6 is 12.4 Å². The van der Waals surface area contributed by atoms with E-state index < -0.39 is 0 Å². The minimum Gasteiger partial charge on any atom is -0.484 e. The number of ether oxygens (including phenoxy) is 1. The Kier molecular flexibility index (Phi) is 7.72. The number of amides is 2. The first-order valence-electron chi connectivity index (χ1n) is 9.12. The fourth-order valence-corrected chi connectivity index (χ4v) is 2.59. The molecule has 0 bridgehead atoms. The van der Waals surface area contributed by atoms with E-state index in [1.165, 1.54) is 12.8 Å². The number of nitrogens with one attached hydrogen (secondary N) is 3. The van der Waals surface area contributed by atoms with E-state index in [1.807, 2.05) is 31.2 Å². The van der Waals surface area contributed by atoms with E-state index in [0.717, 1.165) is 30.9 Å². The molecule has 2 aliphatic rings. The summed E-state index contributed by atoms with van der Waals surface area (Å²) >= 11 is 0. The molecular formula is C19H28ClN3O3. The lowest BCUT2D eigenvalue weighted by molar-refractivity contribution is -0.123. The van der Waals surface area contributed by atoms with Crippen molar-refractivity contribution >= 4 is 24.2 Å².